The summed E-state index contributed by atoms with van der Waals surface area (Å²) in [6.07, 6.45) is 1.65. The molecule has 30 heavy (non-hydrogen) atoms. The zero-order valence-corrected chi connectivity index (χ0v) is 16.8. The monoisotopic (exact) mass is 406 g/mol. The zero-order chi connectivity index (χ0) is 21.5. The molecule has 0 N–H and O–H groups in total. The van der Waals surface area contributed by atoms with E-state index in [9.17, 15) is 9.59 Å². The lowest BCUT2D eigenvalue weighted by Crippen LogP contribution is -2.15. The molecule has 1 heterocycles. The lowest BCUT2D eigenvalue weighted by Gasteiger charge is -2.09. The first-order chi connectivity index (χ1) is 14.6. The second kappa shape index (κ2) is 9.67. The number of benzene rings is 2. The summed E-state index contributed by atoms with van der Waals surface area (Å²) >= 11 is 0. The van der Waals surface area contributed by atoms with Crippen molar-refractivity contribution in [3.63, 3.8) is 0 Å². The molecule has 7 nitrogen and oxygen atoms in total. The van der Waals surface area contributed by atoms with E-state index in [0.29, 0.717) is 23.6 Å². The molecule has 154 valence electrons. The van der Waals surface area contributed by atoms with Gasteiger partial charge in [-0.15, -0.1) is 6.58 Å². The van der Waals surface area contributed by atoms with Gasteiger partial charge in [-0.25, -0.2) is 14.3 Å². The summed E-state index contributed by atoms with van der Waals surface area (Å²) in [4.78, 5) is 25.4. The van der Waals surface area contributed by atoms with Crippen LogP contribution in [0.15, 0.2) is 67.3 Å². The van der Waals surface area contributed by atoms with Crippen LogP contribution < -0.4 is 0 Å². The van der Waals surface area contributed by atoms with Gasteiger partial charge in [0.15, 0.2) is 5.69 Å². The number of hydrogen-bond donors (Lipinski definition) is 0. The molecular formula is C23H22N2O5. The Labute approximate surface area is 174 Å². The van der Waals surface area contributed by atoms with Crippen molar-refractivity contribution < 1.29 is 23.8 Å². The molecule has 0 unspecified atom stereocenters. The van der Waals surface area contributed by atoms with Crippen molar-refractivity contribution in [2.75, 3.05) is 20.8 Å². The van der Waals surface area contributed by atoms with Crippen molar-refractivity contribution in [1.29, 1.82) is 0 Å². The molecular weight excluding hydrogens is 384 g/mol. The van der Waals surface area contributed by atoms with Gasteiger partial charge in [0.2, 0.25) is 0 Å². The average Bonchev–Trinajstić information content (AvgIpc) is 3.19. The molecule has 0 aliphatic carbocycles. The molecule has 3 aromatic rings. The Hall–Kier alpha value is -3.71. The van der Waals surface area contributed by atoms with E-state index in [0.717, 1.165) is 5.56 Å². The van der Waals surface area contributed by atoms with E-state index in [1.807, 2.05) is 42.5 Å². The number of hydrogen-bond acceptors (Lipinski definition) is 6. The predicted octanol–water partition coefficient (Wildman–Crippen LogP) is 3.82. The van der Waals surface area contributed by atoms with Crippen molar-refractivity contribution in [3.8, 4) is 16.9 Å². The third-order valence-corrected chi connectivity index (χ3v) is 4.42. The lowest BCUT2D eigenvalue weighted by molar-refractivity contribution is 0.0549. The number of aromatic nitrogens is 2. The van der Waals surface area contributed by atoms with Crippen molar-refractivity contribution in [3.05, 3.63) is 84.1 Å². The minimum absolute atomic E-state index is 0.00707. The van der Waals surface area contributed by atoms with Gasteiger partial charge in [0.1, 0.15) is 11.3 Å². The quantitative estimate of drug-likeness (QED) is 0.321. The van der Waals surface area contributed by atoms with E-state index in [-0.39, 0.29) is 17.9 Å². The van der Waals surface area contributed by atoms with Gasteiger partial charge in [0.25, 0.3) is 0 Å². The maximum absolute atomic E-state index is 12.7. The molecule has 3 rings (SSSR count). The zero-order valence-electron chi connectivity index (χ0n) is 16.8. The van der Waals surface area contributed by atoms with Gasteiger partial charge in [-0.05, 0) is 17.7 Å². The third kappa shape index (κ3) is 4.16. The maximum Gasteiger partial charge on any atom is 0.357 e. The maximum atomic E-state index is 12.7. The molecule has 0 amide bonds. The van der Waals surface area contributed by atoms with E-state index in [4.69, 9.17) is 14.2 Å². The molecule has 0 radical (unpaired) electrons. The number of para-hydroxylation sites is 1. The first kappa shape index (κ1) is 21.0. The van der Waals surface area contributed by atoms with Gasteiger partial charge in [-0.1, -0.05) is 48.5 Å². The number of esters is 2. The van der Waals surface area contributed by atoms with Gasteiger partial charge < -0.3 is 14.2 Å². The number of carbonyl (C=O) groups excluding carboxylic acids is 2. The van der Waals surface area contributed by atoms with Gasteiger partial charge in [-0.2, -0.15) is 5.10 Å². The molecule has 0 fully saturated rings. The Kier molecular flexibility index (Phi) is 6.77. The molecule has 0 atom stereocenters. The summed E-state index contributed by atoms with van der Waals surface area (Å²) in [5, 5.41) is 4.62. The van der Waals surface area contributed by atoms with Crippen LogP contribution in [-0.4, -0.2) is 42.5 Å². The van der Waals surface area contributed by atoms with Crippen LogP contribution in [0.4, 0.5) is 0 Å². The molecule has 1 aromatic heterocycles. The molecule has 0 saturated carbocycles. The highest BCUT2D eigenvalue weighted by Crippen LogP contribution is 2.31. The van der Waals surface area contributed by atoms with E-state index in [1.165, 1.54) is 18.9 Å². The summed E-state index contributed by atoms with van der Waals surface area (Å²) in [5.41, 5.74) is 2.40. The molecule has 0 bridgehead atoms. The largest absolute Gasteiger partial charge is 0.465 e. The first-order valence-electron chi connectivity index (χ1n) is 9.24. The highest BCUT2D eigenvalue weighted by Gasteiger charge is 2.31. The van der Waals surface area contributed by atoms with Gasteiger partial charge in [0, 0.05) is 5.56 Å². The van der Waals surface area contributed by atoms with Crippen LogP contribution in [0.5, 0.6) is 0 Å². The molecule has 0 saturated heterocycles. The Morgan fingerprint density at radius 1 is 1.00 bits per heavy atom. The van der Waals surface area contributed by atoms with Crippen molar-refractivity contribution in [1.82, 2.24) is 9.78 Å². The minimum Gasteiger partial charge on any atom is -0.465 e. The summed E-state index contributed by atoms with van der Waals surface area (Å²) in [7, 11) is 2.51. The van der Waals surface area contributed by atoms with Crippen LogP contribution in [0.2, 0.25) is 0 Å². The number of rotatable bonds is 8. The van der Waals surface area contributed by atoms with Crippen molar-refractivity contribution >= 4 is 11.9 Å². The fourth-order valence-electron chi connectivity index (χ4n) is 3.07. The number of ether oxygens (including phenoxy) is 3. The fourth-order valence-corrected chi connectivity index (χ4v) is 3.07. The number of carbonyl (C=O) groups is 2. The topological polar surface area (TPSA) is 79.7 Å². The highest BCUT2D eigenvalue weighted by molar-refractivity contribution is 6.07. The van der Waals surface area contributed by atoms with E-state index in [2.05, 4.69) is 11.7 Å². The van der Waals surface area contributed by atoms with Gasteiger partial charge in [-0.3, -0.25) is 0 Å². The fraction of sp³-hybridized carbons (Fsp3) is 0.174. The van der Waals surface area contributed by atoms with E-state index >= 15 is 0 Å². The number of nitrogens with zero attached hydrogens (tertiary/aromatic N) is 2. The minimum atomic E-state index is -0.696. The first-order valence-corrected chi connectivity index (χ1v) is 9.24. The average molecular weight is 406 g/mol. The normalized spacial score (nSPS) is 10.5. The van der Waals surface area contributed by atoms with Gasteiger partial charge in [0.05, 0.1) is 33.1 Å². The van der Waals surface area contributed by atoms with Crippen LogP contribution in [0.1, 0.15) is 26.4 Å². The van der Waals surface area contributed by atoms with Gasteiger partial charge >= 0.3 is 11.9 Å². The predicted molar refractivity (Wildman–Crippen MR) is 112 cm³/mol. The van der Waals surface area contributed by atoms with Crippen LogP contribution in [0.3, 0.4) is 0 Å². The SMILES string of the molecule is C=CCOCc1ccccc1-c1nn(-c2ccccc2)c(C(=O)OC)c1C(=O)OC. The van der Waals surface area contributed by atoms with Crippen molar-refractivity contribution in [2.24, 2.45) is 0 Å². The molecule has 0 aliphatic rings. The van der Waals surface area contributed by atoms with E-state index < -0.39 is 11.9 Å². The number of methoxy groups -OCH3 is 2. The van der Waals surface area contributed by atoms with Crippen LogP contribution >= 0.6 is 0 Å². The summed E-state index contributed by atoms with van der Waals surface area (Å²) in [6, 6.07) is 16.4. The standard InChI is InChI=1S/C23H22N2O5/c1-4-14-30-15-16-10-8-9-13-18(16)20-19(22(26)28-2)21(23(27)29-3)25(24-20)17-11-6-5-7-12-17/h4-13H,1,14-15H2,2-3H3. The van der Waals surface area contributed by atoms with Crippen LogP contribution in [-0.2, 0) is 20.8 Å². The Morgan fingerprint density at radius 3 is 2.33 bits per heavy atom. The Morgan fingerprint density at radius 2 is 1.67 bits per heavy atom. The molecule has 0 aliphatic heterocycles. The third-order valence-electron chi connectivity index (χ3n) is 4.42. The molecule has 2 aromatic carbocycles. The summed E-state index contributed by atoms with van der Waals surface area (Å²) in [5.74, 6) is -1.38. The summed E-state index contributed by atoms with van der Waals surface area (Å²) in [6.45, 7) is 4.31. The second-order valence-corrected chi connectivity index (χ2v) is 6.26. The molecule has 7 heteroatoms. The van der Waals surface area contributed by atoms with E-state index in [1.54, 1.807) is 18.2 Å². The second-order valence-electron chi connectivity index (χ2n) is 6.26. The Bertz CT molecular complexity index is 1060. The lowest BCUT2D eigenvalue weighted by atomic mass is 10.0. The van der Waals surface area contributed by atoms with Crippen molar-refractivity contribution in [2.45, 2.75) is 6.61 Å². The smallest absolute Gasteiger partial charge is 0.357 e. The summed E-state index contributed by atoms with van der Waals surface area (Å²) < 4.78 is 16.9. The van der Waals surface area contributed by atoms with Crippen LogP contribution in [0, 0.1) is 0 Å². The van der Waals surface area contributed by atoms with Crippen LogP contribution in [0.25, 0.3) is 16.9 Å². The highest BCUT2D eigenvalue weighted by atomic mass is 16.5. The molecule has 0 spiro atoms. The Balaban J connectivity index is 2.28.